The highest BCUT2D eigenvalue weighted by molar-refractivity contribution is 7.91. The van der Waals surface area contributed by atoms with Gasteiger partial charge in [-0.25, -0.2) is 13.4 Å². The number of sulfone groups is 1. The number of benzene rings is 2. The fourth-order valence-electron chi connectivity index (χ4n) is 5.31. The number of likely N-dealkylation sites (tertiary alicyclic amines) is 1. The number of hydrogen-bond donors (Lipinski definition) is 4. The van der Waals surface area contributed by atoms with Crippen molar-refractivity contribution in [3.05, 3.63) is 59.3 Å². The van der Waals surface area contributed by atoms with Crippen LogP contribution >= 0.6 is 0 Å². The molecule has 4 aromatic rings. The number of aromatic amines is 1. The number of pyridine rings is 1. The van der Waals surface area contributed by atoms with Gasteiger partial charge in [0.2, 0.25) is 0 Å². The summed E-state index contributed by atoms with van der Waals surface area (Å²) in [5.41, 5.74) is 5.62. The highest BCUT2D eigenvalue weighted by atomic mass is 32.2. The second-order valence-corrected chi connectivity index (χ2v) is 13.4. The van der Waals surface area contributed by atoms with Gasteiger partial charge in [-0.05, 0) is 93.3 Å². The van der Waals surface area contributed by atoms with Gasteiger partial charge in [0, 0.05) is 28.6 Å². The minimum absolute atomic E-state index is 0.0280. The Balaban J connectivity index is 0.000000488. The molecule has 11 nitrogen and oxygen atoms in total. The maximum atomic E-state index is 13.5. The molecule has 0 aliphatic carbocycles. The summed E-state index contributed by atoms with van der Waals surface area (Å²) in [7, 11) is -1.28. The fraction of sp³-hybridized carbons (Fsp3) is 0.375. The van der Waals surface area contributed by atoms with Crippen LogP contribution in [0.25, 0.3) is 33.1 Å². The van der Waals surface area contributed by atoms with Crippen molar-refractivity contribution in [2.45, 2.75) is 57.4 Å². The summed E-state index contributed by atoms with van der Waals surface area (Å²) in [5, 5.41) is 20.9. The topological polar surface area (TPSA) is 170 Å². The average Bonchev–Trinajstić information content (AvgIpc) is 3.37. The summed E-state index contributed by atoms with van der Waals surface area (Å²) >= 11 is 0. The number of carboxylic acids is 2. The van der Waals surface area contributed by atoms with Crippen LogP contribution in [0, 0.1) is 13.8 Å². The molecule has 0 saturated carbocycles. The lowest BCUT2D eigenvalue weighted by Crippen LogP contribution is -2.43. The first kappa shape index (κ1) is 32.6. The molecule has 2 aromatic heterocycles. The molecule has 3 heterocycles. The van der Waals surface area contributed by atoms with E-state index >= 15 is 0 Å². The first-order valence-corrected chi connectivity index (χ1v) is 16.1. The molecule has 0 bridgehead atoms. The molecule has 1 saturated heterocycles. The molecular formula is C32H38N4O7S. The van der Waals surface area contributed by atoms with Crippen molar-refractivity contribution in [2.24, 2.45) is 0 Å². The number of rotatable bonds is 8. The van der Waals surface area contributed by atoms with E-state index in [0.29, 0.717) is 5.56 Å². The number of piperidine rings is 1. The lowest BCUT2D eigenvalue weighted by Gasteiger charge is -2.29. The van der Waals surface area contributed by atoms with Gasteiger partial charge in [0.1, 0.15) is 5.65 Å². The van der Waals surface area contributed by atoms with E-state index < -0.39 is 21.8 Å². The molecule has 2 aromatic carbocycles. The van der Waals surface area contributed by atoms with Crippen LogP contribution in [0.3, 0.4) is 0 Å². The van der Waals surface area contributed by atoms with E-state index in [4.69, 9.17) is 10.2 Å². The van der Waals surface area contributed by atoms with Crippen LogP contribution in [0.2, 0.25) is 0 Å². The van der Waals surface area contributed by atoms with Crippen LogP contribution in [0.4, 0.5) is 0 Å². The number of amides is 1. The van der Waals surface area contributed by atoms with E-state index in [9.17, 15) is 22.8 Å². The molecule has 1 aliphatic heterocycles. The number of aromatic nitrogens is 2. The van der Waals surface area contributed by atoms with E-state index in [1.807, 2.05) is 32.2 Å². The minimum atomic E-state index is -3.38. The average molecular weight is 623 g/mol. The Kier molecular flexibility index (Phi) is 10.1. The summed E-state index contributed by atoms with van der Waals surface area (Å²) in [6.07, 6.45) is 3.06. The maximum absolute atomic E-state index is 13.5. The normalized spacial score (nSPS) is 14.3. The van der Waals surface area contributed by atoms with Crippen LogP contribution in [0.1, 0.15) is 54.1 Å². The minimum Gasteiger partial charge on any atom is -0.481 e. The Hall–Kier alpha value is -4.29. The Morgan fingerprint density at radius 3 is 2.32 bits per heavy atom. The number of aliphatic carboxylic acids is 2. The first-order chi connectivity index (χ1) is 20.8. The van der Waals surface area contributed by atoms with Crippen LogP contribution in [0.5, 0.6) is 0 Å². The Bertz CT molecular complexity index is 1810. The van der Waals surface area contributed by atoms with Gasteiger partial charge in [-0.15, -0.1) is 0 Å². The van der Waals surface area contributed by atoms with Crippen molar-refractivity contribution >= 4 is 49.6 Å². The molecule has 0 unspecified atom stereocenters. The number of H-pyrrole nitrogens is 1. The maximum Gasteiger partial charge on any atom is 0.303 e. The third-order valence-corrected chi connectivity index (χ3v) is 9.59. The summed E-state index contributed by atoms with van der Waals surface area (Å²) in [4.78, 5) is 43.4. The van der Waals surface area contributed by atoms with Crippen LogP contribution in [0.15, 0.2) is 47.5 Å². The summed E-state index contributed by atoms with van der Waals surface area (Å²) in [6, 6.07) is 11.1. The predicted octanol–water partition coefficient (Wildman–Crippen LogP) is 4.55. The van der Waals surface area contributed by atoms with Crippen molar-refractivity contribution in [3.63, 3.8) is 0 Å². The van der Waals surface area contributed by atoms with E-state index in [1.54, 1.807) is 25.1 Å². The van der Waals surface area contributed by atoms with Gasteiger partial charge in [0.05, 0.1) is 29.0 Å². The van der Waals surface area contributed by atoms with E-state index in [2.05, 4.69) is 33.3 Å². The van der Waals surface area contributed by atoms with E-state index in [-0.39, 0.29) is 35.4 Å². The number of hydrogen-bond acceptors (Lipinski definition) is 7. The Morgan fingerprint density at radius 1 is 1.05 bits per heavy atom. The quantitative estimate of drug-likeness (QED) is 0.220. The molecule has 5 rings (SSSR count). The monoisotopic (exact) mass is 622 g/mol. The molecule has 0 atom stereocenters. The highest BCUT2D eigenvalue weighted by Gasteiger charge is 2.24. The van der Waals surface area contributed by atoms with Crippen molar-refractivity contribution < 1.29 is 33.0 Å². The summed E-state index contributed by atoms with van der Waals surface area (Å²) in [5.74, 6) is -2.23. The smallest absolute Gasteiger partial charge is 0.303 e. The third kappa shape index (κ3) is 7.43. The zero-order valence-electron chi connectivity index (χ0n) is 25.3. The highest BCUT2D eigenvalue weighted by Crippen LogP contribution is 2.38. The van der Waals surface area contributed by atoms with E-state index in [1.165, 1.54) is 0 Å². The Labute approximate surface area is 256 Å². The van der Waals surface area contributed by atoms with Gasteiger partial charge in [-0.3, -0.25) is 14.4 Å². The zero-order chi connectivity index (χ0) is 32.2. The number of aryl methyl sites for hydroxylation is 2. The van der Waals surface area contributed by atoms with Gasteiger partial charge < -0.3 is 25.4 Å². The standard InChI is InChI=1S/C28H32N4O3S.C4H6O4/c1-5-36(34,35)21-8-6-7-19(14-21)23-15-22(28(33)30-20-9-11-32(4)12-10-20)18(3)26-25(23)24-13-17(2)16-29-27(24)31-26;5-3(6)1-2-4(7)8/h6-8,13-16,20H,5,9-12H2,1-4H3,(H,29,31)(H,30,33);1-2H2,(H,5,6)(H,7,8). The van der Waals surface area contributed by atoms with Crippen LogP contribution in [-0.2, 0) is 19.4 Å². The molecule has 1 aliphatic rings. The first-order valence-electron chi connectivity index (χ1n) is 14.5. The number of carboxylic acid groups (broad SMARTS) is 2. The fourth-order valence-corrected chi connectivity index (χ4v) is 6.24. The number of carbonyl (C=O) groups is 3. The zero-order valence-corrected chi connectivity index (χ0v) is 26.1. The molecule has 0 radical (unpaired) electrons. The van der Waals surface area contributed by atoms with Crippen LogP contribution < -0.4 is 5.32 Å². The number of carbonyl (C=O) groups excluding carboxylic acids is 1. The second kappa shape index (κ2) is 13.6. The summed E-state index contributed by atoms with van der Waals surface area (Å²) < 4.78 is 25.3. The number of nitrogens with one attached hydrogen (secondary N) is 2. The molecule has 1 amide bonds. The summed E-state index contributed by atoms with van der Waals surface area (Å²) in [6.45, 7) is 7.51. The molecule has 4 N–H and O–H groups in total. The lowest BCUT2D eigenvalue weighted by molar-refractivity contribution is -0.143. The molecular weight excluding hydrogens is 584 g/mol. The van der Waals surface area contributed by atoms with Gasteiger partial charge in [-0.1, -0.05) is 19.1 Å². The second-order valence-electron chi connectivity index (χ2n) is 11.2. The van der Waals surface area contributed by atoms with Gasteiger partial charge >= 0.3 is 11.9 Å². The molecule has 0 spiro atoms. The van der Waals surface area contributed by atoms with Crippen molar-refractivity contribution in [1.29, 1.82) is 0 Å². The molecule has 1 fully saturated rings. The lowest BCUT2D eigenvalue weighted by atomic mass is 9.93. The van der Waals surface area contributed by atoms with Gasteiger partial charge in [-0.2, -0.15) is 0 Å². The molecule has 234 valence electrons. The van der Waals surface area contributed by atoms with Crippen molar-refractivity contribution in [2.75, 3.05) is 25.9 Å². The number of fused-ring (bicyclic) bond motifs is 3. The number of nitrogens with zero attached hydrogens (tertiary/aromatic N) is 2. The SMILES string of the molecule is CCS(=O)(=O)c1cccc(-c2cc(C(=O)NC3CCN(C)CC3)c(C)c3[nH]c4ncc(C)cc4c23)c1.O=C(O)CCC(=O)O. The van der Waals surface area contributed by atoms with Crippen LogP contribution in [-0.4, -0.2) is 83.3 Å². The van der Waals surface area contributed by atoms with E-state index in [0.717, 1.165) is 70.1 Å². The largest absolute Gasteiger partial charge is 0.481 e. The van der Waals surface area contributed by atoms with Crippen molar-refractivity contribution in [3.8, 4) is 11.1 Å². The van der Waals surface area contributed by atoms with Crippen molar-refractivity contribution in [1.82, 2.24) is 20.2 Å². The molecule has 44 heavy (non-hydrogen) atoms. The van der Waals surface area contributed by atoms with Gasteiger partial charge in [0.25, 0.3) is 5.91 Å². The third-order valence-electron chi connectivity index (χ3n) is 7.86. The Morgan fingerprint density at radius 2 is 1.70 bits per heavy atom. The molecule has 12 heteroatoms. The predicted molar refractivity (Wildman–Crippen MR) is 169 cm³/mol. The van der Waals surface area contributed by atoms with Gasteiger partial charge in [0.15, 0.2) is 9.84 Å².